The maximum atomic E-state index is 13.0. The zero-order valence-electron chi connectivity index (χ0n) is 17.2. The Morgan fingerprint density at radius 2 is 1.67 bits per heavy atom. The fraction of sp³-hybridized carbons (Fsp3) is 0.227. The largest absolute Gasteiger partial charge is 0.416 e. The van der Waals surface area contributed by atoms with Gasteiger partial charge in [0.25, 0.3) is 11.5 Å². The molecule has 0 saturated carbocycles. The van der Waals surface area contributed by atoms with Crippen molar-refractivity contribution in [2.75, 3.05) is 41.3 Å². The van der Waals surface area contributed by atoms with Gasteiger partial charge in [-0.05, 0) is 42.5 Å². The van der Waals surface area contributed by atoms with Crippen LogP contribution in [0.5, 0.6) is 0 Å². The first-order chi connectivity index (χ1) is 15.7. The highest BCUT2D eigenvalue weighted by Crippen LogP contribution is 2.32. The van der Waals surface area contributed by atoms with Gasteiger partial charge < -0.3 is 15.1 Å². The van der Waals surface area contributed by atoms with Gasteiger partial charge in [0.05, 0.1) is 5.56 Å². The van der Waals surface area contributed by atoms with Crippen molar-refractivity contribution in [3.8, 4) is 0 Å². The highest BCUT2D eigenvalue weighted by molar-refractivity contribution is 6.03. The lowest BCUT2D eigenvalue weighted by Crippen LogP contribution is -2.47. The van der Waals surface area contributed by atoms with E-state index >= 15 is 0 Å². The normalized spacial score (nSPS) is 14.3. The molecular weight excluding hydrogens is 442 g/mol. The van der Waals surface area contributed by atoms with Crippen molar-refractivity contribution in [3.63, 3.8) is 0 Å². The van der Waals surface area contributed by atoms with Crippen molar-refractivity contribution in [2.45, 2.75) is 6.18 Å². The Hall–Kier alpha value is -3.89. The van der Waals surface area contributed by atoms with Gasteiger partial charge in [-0.25, -0.2) is 9.37 Å². The average molecular weight is 461 g/mol. The number of hydrogen-bond acceptors (Lipinski definition) is 5. The van der Waals surface area contributed by atoms with E-state index in [9.17, 15) is 27.2 Å². The number of piperazine rings is 1. The summed E-state index contributed by atoms with van der Waals surface area (Å²) in [6, 6.07) is 10.2. The quantitative estimate of drug-likeness (QED) is 0.582. The van der Waals surface area contributed by atoms with Crippen molar-refractivity contribution < 1.29 is 22.4 Å². The first-order valence-corrected chi connectivity index (χ1v) is 10.0. The molecule has 2 heterocycles. The molecule has 0 atom stereocenters. The minimum Gasteiger partial charge on any atom is -0.368 e. The molecule has 1 aliphatic rings. The summed E-state index contributed by atoms with van der Waals surface area (Å²) in [5, 5.41) is 2.50. The summed E-state index contributed by atoms with van der Waals surface area (Å²) in [6.07, 6.45) is -3.25. The average Bonchev–Trinajstić information content (AvgIpc) is 2.80. The lowest BCUT2D eigenvalue weighted by Gasteiger charge is -2.36. The van der Waals surface area contributed by atoms with Crippen LogP contribution in [0.1, 0.15) is 15.9 Å². The van der Waals surface area contributed by atoms with Gasteiger partial charge in [0, 0.05) is 43.8 Å². The van der Waals surface area contributed by atoms with E-state index in [4.69, 9.17) is 0 Å². The number of nitrogens with zero attached hydrogens (tertiary/aromatic N) is 3. The molecule has 0 spiro atoms. The molecular formula is C22H19F4N5O2. The van der Waals surface area contributed by atoms with Gasteiger partial charge in [0.2, 0.25) is 5.95 Å². The van der Waals surface area contributed by atoms with E-state index in [1.54, 1.807) is 11.0 Å². The number of halogens is 4. The number of nitrogens with one attached hydrogen (secondary N) is 2. The van der Waals surface area contributed by atoms with Gasteiger partial charge in [0.15, 0.2) is 0 Å². The zero-order chi connectivity index (χ0) is 23.6. The lowest BCUT2D eigenvalue weighted by molar-refractivity contribution is -0.137. The predicted molar refractivity (Wildman–Crippen MR) is 115 cm³/mol. The van der Waals surface area contributed by atoms with Crippen molar-refractivity contribution in [1.29, 1.82) is 0 Å². The Labute approximate surface area is 185 Å². The van der Waals surface area contributed by atoms with Gasteiger partial charge in [0.1, 0.15) is 11.4 Å². The number of carbonyl (C=O) groups excluding carboxylic acids is 1. The molecule has 1 amide bonds. The molecule has 0 bridgehead atoms. The van der Waals surface area contributed by atoms with Crippen LogP contribution in [0.3, 0.4) is 0 Å². The number of hydrogen-bond donors (Lipinski definition) is 2. The number of alkyl halides is 3. The summed E-state index contributed by atoms with van der Waals surface area (Å²) in [6.45, 7) is 1.69. The van der Waals surface area contributed by atoms with Crippen LogP contribution < -0.4 is 20.7 Å². The third-order valence-electron chi connectivity index (χ3n) is 5.25. The Morgan fingerprint density at radius 1 is 1.00 bits per heavy atom. The van der Waals surface area contributed by atoms with Crippen LogP contribution in [0.25, 0.3) is 0 Å². The van der Waals surface area contributed by atoms with Crippen molar-refractivity contribution in [2.24, 2.45) is 0 Å². The lowest BCUT2D eigenvalue weighted by atomic mass is 10.1. The van der Waals surface area contributed by atoms with Crippen LogP contribution in [0, 0.1) is 5.82 Å². The van der Waals surface area contributed by atoms with E-state index in [-0.39, 0.29) is 11.5 Å². The number of aromatic nitrogens is 2. The zero-order valence-corrected chi connectivity index (χ0v) is 17.2. The van der Waals surface area contributed by atoms with Crippen LogP contribution in [0.2, 0.25) is 0 Å². The van der Waals surface area contributed by atoms with E-state index in [1.807, 2.05) is 4.90 Å². The fourth-order valence-electron chi connectivity index (χ4n) is 3.49. The van der Waals surface area contributed by atoms with Crippen molar-refractivity contribution in [3.05, 3.63) is 82.0 Å². The molecule has 0 unspecified atom stereocenters. The Bertz CT molecular complexity index is 1200. The number of anilines is 3. The molecule has 1 aliphatic heterocycles. The third-order valence-corrected chi connectivity index (χ3v) is 5.25. The van der Waals surface area contributed by atoms with Gasteiger partial charge in [-0.1, -0.05) is 6.07 Å². The fourth-order valence-corrected chi connectivity index (χ4v) is 3.49. The summed E-state index contributed by atoms with van der Waals surface area (Å²) in [4.78, 5) is 35.1. The predicted octanol–water partition coefficient (Wildman–Crippen LogP) is 3.51. The number of aromatic amines is 1. The summed E-state index contributed by atoms with van der Waals surface area (Å²) < 4.78 is 51.9. The Kier molecular flexibility index (Phi) is 6.03. The number of amides is 1. The van der Waals surface area contributed by atoms with E-state index in [0.717, 1.165) is 18.3 Å². The van der Waals surface area contributed by atoms with E-state index < -0.39 is 29.0 Å². The summed E-state index contributed by atoms with van der Waals surface area (Å²) in [7, 11) is 0. The molecule has 1 fully saturated rings. The van der Waals surface area contributed by atoms with Gasteiger partial charge >= 0.3 is 6.18 Å². The Balaban J connectivity index is 1.41. The number of carbonyl (C=O) groups is 1. The number of H-pyrrole nitrogens is 1. The molecule has 1 aromatic heterocycles. The van der Waals surface area contributed by atoms with Gasteiger partial charge in [-0.2, -0.15) is 13.2 Å². The third kappa shape index (κ3) is 5.13. The molecule has 11 heteroatoms. The SMILES string of the molecule is O=C(Nc1ccc(F)cc1)c1cnc(N2CCN(c3cccc(C(F)(F)F)c3)CC2)[nH]c1=O. The standard InChI is InChI=1S/C22H19F4N5O2/c23-15-4-6-16(7-5-15)28-19(32)18-13-27-21(29-20(18)33)31-10-8-30(9-11-31)17-3-1-2-14(12-17)22(24,25)26/h1-7,12-13H,8-11H2,(H,28,32)(H,27,29,33). The topological polar surface area (TPSA) is 81.3 Å². The van der Waals surface area contributed by atoms with Gasteiger partial charge in [-0.15, -0.1) is 0 Å². The molecule has 4 rings (SSSR count). The second-order valence-corrected chi connectivity index (χ2v) is 7.43. The maximum Gasteiger partial charge on any atom is 0.416 e. The van der Waals surface area contributed by atoms with E-state index in [0.29, 0.717) is 37.6 Å². The second-order valence-electron chi connectivity index (χ2n) is 7.43. The molecule has 33 heavy (non-hydrogen) atoms. The van der Waals surface area contributed by atoms with E-state index in [1.165, 1.54) is 30.3 Å². The van der Waals surface area contributed by atoms with Crippen LogP contribution in [-0.2, 0) is 6.18 Å². The van der Waals surface area contributed by atoms with Crippen LogP contribution in [0.15, 0.2) is 59.5 Å². The highest BCUT2D eigenvalue weighted by atomic mass is 19.4. The summed E-state index contributed by atoms with van der Waals surface area (Å²) in [5.74, 6) is -0.872. The molecule has 2 aromatic carbocycles. The first kappa shape index (κ1) is 22.3. The van der Waals surface area contributed by atoms with Crippen molar-refractivity contribution in [1.82, 2.24) is 9.97 Å². The van der Waals surface area contributed by atoms with Crippen LogP contribution in [0.4, 0.5) is 34.9 Å². The minimum absolute atomic E-state index is 0.203. The van der Waals surface area contributed by atoms with Crippen molar-refractivity contribution >= 4 is 23.2 Å². The molecule has 2 N–H and O–H groups in total. The Morgan fingerprint density at radius 3 is 2.30 bits per heavy atom. The summed E-state index contributed by atoms with van der Waals surface area (Å²) >= 11 is 0. The molecule has 7 nitrogen and oxygen atoms in total. The summed E-state index contributed by atoms with van der Waals surface area (Å²) in [5.41, 5.74) is -0.747. The molecule has 172 valence electrons. The smallest absolute Gasteiger partial charge is 0.368 e. The maximum absolute atomic E-state index is 13.0. The second kappa shape index (κ2) is 8.93. The minimum atomic E-state index is -4.41. The van der Waals surface area contributed by atoms with E-state index in [2.05, 4.69) is 15.3 Å². The molecule has 0 aliphatic carbocycles. The number of benzene rings is 2. The molecule has 1 saturated heterocycles. The van der Waals surface area contributed by atoms with Crippen LogP contribution >= 0.6 is 0 Å². The number of rotatable bonds is 4. The van der Waals surface area contributed by atoms with Gasteiger partial charge in [-0.3, -0.25) is 14.6 Å². The van der Waals surface area contributed by atoms with Crippen LogP contribution in [-0.4, -0.2) is 42.1 Å². The highest BCUT2D eigenvalue weighted by Gasteiger charge is 2.31. The molecule has 3 aromatic rings. The molecule has 0 radical (unpaired) electrons. The first-order valence-electron chi connectivity index (χ1n) is 10.0. The monoisotopic (exact) mass is 461 g/mol.